The van der Waals surface area contributed by atoms with E-state index in [-0.39, 0.29) is 31.5 Å². The Morgan fingerprint density at radius 3 is 2.26 bits per heavy atom. The molecule has 4 aliphatic heterocycles. The molecule has 3 saturated carbocycles. The molecule has 15 heteroatoms. The monoisotopic (exact) mass is 1060 g/mol. The third kappa shape index (κ3) is 14.4. The van der Waals surface area contributed by atoms with Gasteiger partial charge in [0.2, 0.25) is 0 Å². The van der Waals surface area contributed by atoms with Crippen LogP contribution in [-0.2, 0) is 33.3 Å². The molecule has 0 radical (unpaired) electrons. The molecule has 3 saturated heterocycles. The maximum atomic E-state index is 12.3. The summed E-state index contributed by atoms with van der Waals surface area (Å²) in [5.41, 5.74) is 10.0. The van der Waals surface area contributed by atoms with E-state index in [1.165, 1.54) is 49.8 Å². The first kappa shape index (κ1) is 60.1. The van der Waals surface area contributed by atoms with E-state index >= 15 is 0 Å². The van der Waals surface area contributed by atoms with Gasteiger partial charge in [-0.2, -0.15) is 0 Å². The zero-order valence-electron chi connectivity index (χ0n) is 46.2. The van der Waals surface area contributed by atoms with Crippen molar-refractivity contribution in [3.8, 4) is 0 Å². The summed E-state index contributed by atoms with van der Waals surface area (Å²) in [5, 5.41) is 74.1. The average molecular weight is 1060 g/mol. The fraction of sp³-hybridized carbons (Fsp3) is 0.705. The summed E-state index contributed by atoms with van der Waals surface area (Å²) in [6.07, 6.45) is 23.6. The highest BCUT2D eigenvalue weighted by Gasteiger charge is 2.57. The standard InChI is InChI=1S/C33H47NO13.C28H44O/c1-18-10-8-6-4-3-5-7-9-11-21(45-32-30(39)28(34)29(38)19(2)44-32)15-25-27(31(40)41)22(36)17-33(42,47-25)16-20(35)14-24-23(46-24)12-13-26(37)43-18;1-18(2)19(3)7-8-20(4)24-11-12-25-23-10-9-21-17-22(29)13-15-27(21,5)26(23)14-16-28(24,25)6/h3-9,11-13,18-25,27-30,32,35-36,38-39,42H,10,14-17,34H2,1-2H3,(H,40,41);7-10,18-20,22,24-26,29H,11-17H2,1-6H3/b4-3+,7-5+,8-6+,11-9+,13-12+;8-7+/t18-,19-,20+,21+,22+,23-,24-,25+,27-,28+,29-,30+,32+,33-;19-,20+,22-,24+,25-,26-,27-,28+/m10/s1. The van der Waals surface area contributed by atoms with Gasteiger partial charge in [-0.25, -0.2) is 4.79 Å². The lowest BCUT2D eigenvalue weighted by atomic mass is 9.50. The summed E-state index contributed by atoms with van der Waals surface area (Å²) in [4.78, 5) is 24.4. The number of aliphatic hydroxyl groups excluding tert-OH is 5. The number of ether oxygens (including phenoxy) is 5. The first-order valence-electron chi connectivity index (χ1n) is 28.3. The van der Waals surface area contributed by atoms with Gasteiger partial charge >= 0.3 is 11.9 Å². The van der Waals surface area contributed by atoms with Crippen molar-refractivity contribution >= 4 is 11.9 Å². The van der Waals surface area contributed by atoms with E-state index in [4.69, 9.17) is 29.4 Å². The Morgan fingerprint density at radius 2 is 1.54 bits per heavy atom. The molecule has 6 fully saturated rings. The van der Waals surface area contributed by atoms with Crippen molar-refractivity contribution in [2.24, 2.45) is 58.0 Å². The maximum absolute atomic E-state index is 12.3. The van der Waals surface area contributed by atoms with Crippen LogP contribution in [-0.4, -0.2) is 133 Å². The van der Waals surface area contributed by atoms with Crippen molar-refractivity contribution in [2.45, 2.75) is 218 Å². The zero-order valence-corrected chi connectivity index (χ0v) is 46.2. The summed E-state index contributed by atoms with van der Waals surface area (Å²) in [6, 6.07) is -1.08. The highest BCUT2D eigenvalue weighted by molar-refractivity contribution is 5.82. The summed E-state index contributed by atoms with van der Waals surface area (Å²) in [7, 11) is 0. The second-order valence-electron chi connectivity index (χ2n) is 24.4. The lowest BCUT2D eigenvalue weighted by molar-refractivity contribution is -0.308. The Kier molecular flexibility index (Phi) is 20.3. The Hall–Kier alpha value is -3.58. The Balaban J connectivity index is 0.000000247. The lowest BCUT2D eigenvalue weighted by Gasteiger charge is -2.55. The lowest BCUT2D eigenvalue weighted by Crippen LogP contribution is -2.61. The molecule has 8 rings (SSSR count). The van der Waals surface area contributed by atoms with E-state index in [0.29, 0.717) is 29.1 Å². The van der Waals surface area contributed by atoms with Gasteiger partial charge in [0.15, 0.2) is 12.1 Å². The number of fused-ring (bicyclic) bond motifs is 8. The fourth-order valence-electron chi connectivity index (χ4n) is 13.6. The summed E-state index contributed by atoms with van der Waals surface area (Å²) in [6.45, 7) is 18.0. The topological polar surface area (TPSA) is 251 Å². The van der Waals surface area contributed by atoms with Crippen molar-refractivity contribution in [3.05, 3.63) is 96.2 Å². The largest absolute Gasteiger partial charge is 0.481 e. The molecule has 0 aromatic rings. The minimum Gasteiger partial charge on any atom is -0.481 e. The molecule has 76 heavy (non-hydrogen) atoms. The molecule has 0 unspecified atom stereocenters. The number of epoxide rings is 1. The molecular formula is C61H91NO14. The van der Waals surface area contributed by atoms with Crippen molar-refractivity contribution in [2.75, 3.05) is 0 Å². The quantitative estimate of drug-likeness (QED) is 0.0701. The second-order valence-corrected chi connectivity index (χ2v) is 24.4. The number of nitrogens with two attached hydrogens (primary N) is 1. The third-order valence-corrected chi connectivity index (χ3v) is 18.6. The Labute approximate surface area is 451 Å². The smallest absolute Gasteiger partial charge is 0.330 e. The average Bonchev–Trinajstić information content (AvgIpc) is 4.05. The van der Waals surface area contributed by atoms with Crippen LogP contribution in [0.25, 0.3) is 0 Å². The fourth-order valence-corrected chi connectivity index (χ4v) is 13.6. The summed E-state index contributed by atoms with van der Waals surface area (Å²) in [5.74, 6) is -1.06. The first-order chi connectivity index (χ1) is 35.9. The van der Waals surface area contributed by atoms with Crippen LogP contribution >= 0.6 is 0 Å². The number of esters is 1. The number of carbonyl (C=O) groups excluding carboxylic acids is 1. The molecule has 424 valence electrons. The van der Waals surface area contributed by atoms with Gasteiger partial charge in [0.25, 0.3) is 0 Å². The van der Waals surface area contributed by atoms with Crippen molar-refractivity contribution < 1.29 is 69.0 Å². The van der Waals surface area contributed by atoms with Crippen LogP contribution < -0.4 is 5.73 Å². The number of hydrogen-bond acceptors (Lipinski definition) is 14. The predicted molar refractivity (Wildman–Crippen MR) is 289 cm³/mol. The number of aliphatic hydroxyl groups is 6. The Bertz CT molecular complexity index is 2230. The van der Waals surface area contributed by atoms with E-state index in [9.17, 15) is 45.3 Å². The van der Waals surface area contributed by atoms with Crippen LogP contribution in [0.15, 0.2) is 96.2 Å². The minimum absolute atomic E-state index is 0.0789. The molecule has 22 atom stereocenters. The van der Waals surface area contributed by atoms with Gasteiger partial charge in [-0.15, -0.1) is 0 Å². The highest BCUT2D eigenvalue weighted by atomic mass is 16.7. The van der Waals surface area contributed by atoms with Crippen molar-refractivity contribution in [1.82, 2.24) is 0 Å². The first-order valence-corrected chi connectivity index (χ1v) is 28.3. The van der Waals surface area contributed by atoms with Crippen molar-refractivity contribution in [1.29, 1.82) is 0 Å². The van der Waals surface area contributed by atoms with Gasteiger partial charge in [0.1, 0.15) is 24.2 Å². The van der Waals surface area contributed by atoms with Gasteiger partial charge in [0, 0.05) is 38.2 Å². The second kappa shape index (κ2) is 25.7. The molecule has 4 heterocycles. The normalized spacial score (nSPS) is 46.0. The molecule has 0 amide bonds. The number of hydrogen-bond donors (Lipinski definition) is 8. The predicted octanol–water partition coefficient (Wildman–Crippen LogP) is 7.45. The van der Waals surface area contributed by atoms with E-state index in [2.05, 4.69) is 65.8 Å². The van der Waals surface area contributed by atoms with Crippen LogP contribution in [0, 0.1) is 52.3 Å². The molecule has 8 aliphatic rings. The number of rotatable bonds is 7. The molecular weight excluding hydrogens is 971 g/mol. The maximum Gasteiger partial charge on any atom is 0.330 e. The van der Waals surface area contributed by atoms with Gasteiger partial charge in [0.05, 0.1) is 54.9 Å². The molecule has 4 aliphatic carbocycles. The molecule has 0 spiro atoms. The third-order valence-electron chi connectivity index (χ3n) is 18.6. The molecule has 9 N–H and O–H groups in total. The number of cyclic esters (lactones) is 1. The van der Waals surface area contributed by atoms with E-state index in [0.717, 1.165) is 36.5 Å². The van der Waals surface area contributed by atoms with Gasteiger partial charge in [-0.3, -0.25) is 4.79 Å². The number of carbonyl (C=O) groups is 2. The van der Waals surface area contributed by atoms with Crippen LogP contribution in [0.5, 0.6) is 0 Å². The zero-order chi connectivity index (χ0) is 55.3. The molecule has 0 aromatic carbocycles. The molecule has 0 aromatic heterocycles. The van der Waals surface area contributed by atoms with Crippen LogP contribution in [0.1, 0.15) is 132 Å². The number of aliphatic carboxylic acids is 1. The van der Waals surface area contributed by atoms with E-state index in [1.54, 1.807) is 62.0 Å². The van der Waals surface area contributed by atoms with Gasteiger partial charge in [-0.1, -0.05) is 126 Å². The van der Waals surface area contributed by atoms with Crippen LogP contribution in [0.2, 0.25) is 0 Å². The summed E-state index contributed by atoms with van der Waals surface area (Å²) >= 11 is 0. The van der Waals surface area contributed by atoms with Crippen LogP contribution in [0.3, 0.4) is 0 Å². The molecule has 2 bridgehead atoms. The number of carboxylic acids is 1. The van der Waals surface area contributed by atoms with E-state index < -0.39 is 97.3 Å². The van der Waals surface area contributed by atoms with Gasteiger partial charge < -0.3 is 65.2 Å². The number of allylic oxidation sites excluding steroid dienone is 11. The minimum atomic E-state index is -2.10. The summed E-state index contributed by atoms with van der Waals surface area (Å²) < 4.78 is 28.5. The van der Waals surface area contributed by atoms with E-state index in [1.807, 2.05) is 6.08 Å². The van der Waals surface area contributed by atoms with Crippen LogP contribution in [0.4, 0.5) is 0 Å². The highest BCUT2D eigenvalue weighted by Crippen LogP contribution is 2.66. The molecule has 15 nitrogen and oxygen atoms in total. The number of carboxylic acid groups (broad SMARTS) is 1. The Morgan fingerprint density at radius 1 is 0.816 bits per heavy atom. The SMILES string of the molecule is CC(C)[C@@H](C)/C=C/[C@@H](C)[C@H]1CC[C@H]2C3=CC=C4C[C@@H](O)CC[C@]4(C)[C@H]3CC[C@]12C.C[C@@H]1C/C=C/C=C/C=C/C=C/[C@H](O[C@@H]2O[C@H](C)[C@@H](O)[C@H](N)[C@@H]2O)C[C@@H]2O[C@](O)(C[C@@H](O)C[C@H]3O[C@@H]3/C=C/C(=O)O1)C[C@H](O)[C@H]2C(=O)O. The van der Waals surface area contributed by atoms with Crippen molar-refractivity contribution in [3.63, 3.8) is 0 Å². The van der Waals surface area contributed by atoms with Gasteiger partial charge in [-0.05, 0) is 111 Å².